The fourth-order valence-electron chi connectivity index (χ4n) is 3.06. The number of benzene rings is 2. The number of hydrogen-bond acceptors (Lipinski definition) is 3. The van der Waals surface area contributed by atoms with Crippen molar-refractivity contribution in [1.82, 2.24) is 9.55 Å². The molecule has 0 saturated carbocycles. The molecular weight excluding hydrogens is 314 g/mol. The van der Waals surface area contributed by atoms with Crippen LogP contribution in [0.2, 0.25) is 0 Å². The van der Waals surface area contributed by atoms with Crippen LogP contribution in [0.3, 0.4) is 0 Å². The molecule has 2 heterocycles. The number of nitrogens with one attached hydrogen (secondary N) is 1. The third-order valence-electron chi connectivity index (χ3n) is 4.28. The standard InChI is InChI=1S/C20H21N3S/c1-3-9-16(10-4-1)15-24-20-22-18-13-7-8-14-21-19(18)23(20)17-11-5-2-6-12-17/h1-6,9-12,21H,7-8,13-15H2. The van der Waals surface area contributed by atoms with E-state index >= 15 is 0 Å². The van der Waals surface area contributed by atoms with Gasteiger partial charge in [-0.15, -0.1) is 0 Å². The highest BCUT2D eigenvalue weighted by Gasteiger charge is 2.20. The van der Waals surface area contributed by atoms with Gasteiger partial charge in [0.25, 0.3) is 0 Å². The number of rotatable bonds is 4. The Labute approximate surface area is 147 Å². The first-order valence-electron chi connectivity index (χ1n) is 8.49. The number of aryl methyl sites for hydroxylation is 1. The summed E-state index contributed by atoms with van der Waals surface area (Å²) >= 11 is 1.81. The average molecular weight is 335 g/mol. The molecule has 4 rings (SSSR count). The summed E-state index contributed by atoms with van der Waals surface area (Å²) < 4.78 is 2.29. The molecule has 3 nitrogen and oxygen atoms in total. The second kappa shape index (κ2) is 7.14. The summed E-state index contributed by atoms with van der Waals surface area (Å²) in [5, 5.41) is 4.67. The van der Waals surface area contributed by atoms with Gasteiger partial charge in [-0.1, -0.05) is 60.3 Å². The van der Waals surface area contributed by atoms with Crippen molar-refractivity contribution >= 4 is 17.6 Å². The summed E-state index contributed by atoms with van der Waals surface area (Å²) in [6, 6.07) is 21.1. The molecule has 1 aromatic heterocycles. The molecule has 0 amide bonds. The molecule has 4 heteroatoms. The normalized spacial score (nSPS) is 13.8. The summed E-state index contributed by atoms with van der Waals surface area (Å²) in [4.78, 5) is 4.97. The molecule has 1 aliphatic rings. The Morgan fingerprint density at radius 1 is 0.958 bits per heavy atom. The fourth-order valence-corrected chi connectivity index (χ4v) is 4.05. The molecule has 1 aliphatic heterocycles. The number of nitrogens with zero attached hydrogens (tertiary/aromatic N) is 2. The zero-order chi connectivity index (χ0) is 16.2. The van der Waals surface area contributed by atoms with Crippen molar-refractivity contribution in [3.8, 4) is 5.69 Å². The van der Waals surface area contributed by atoms with Crippen molar-refractivity contribution in [1.29, 1.82) is 0 Å². The molecule has 0 radical (unpaired) electrons. The van der Waals surface area contributed by atoms with Crippen molar-refractivity contribution < 1.29 is 0 Å². The lowest BCUT2D eigenvalue weighted by Gasteiger charge is -2.13. The Bertz CT molecular complexity index is 797. The first-order valence-corrected chi connectivity index (χ1v) is 9.48. The lowest BCUT2D eigenvalue weighted by Crippen LogP contribution is -2.06. The van der Waals surface area contributed by atoms with Gasteiger partial charge in [-0.3, -0.25) is 4.57 Å². The molecule has 0 unspecified atom stereocenters. The van der Waals surface area contributed by atoms with Gasteiger partial charge in [0.2, 0.25) is 0 Å². The first-order chi connectivity index (χ1) is 11.9. The highest BCUT2D eigenvalue weighted by molar-refractivity contribution is 7.98. The molecule has 2 aromatic carbocycles. The third kappa shape index (κ3) is 3.20. The van der Waals surface area contributed by atoms with Gasteiger partial charge < -0.3 is 5.32 Å². The van der Waals surface area contributed by atoms with Crippen LogP contribution in [-0.4, -0.2) is 16.1 Å². The van der Waals surface area contributed by atoms with Crippen LogP contribution in [0, 0.1) is 0 Å². The van der Waals surface area contributed by atoms with E-state index in [1.54, 1.807) is 0 Å². The van der Waals surface area contributed by atoms with Gasteiger partial charge in [0.1, 0.15) is 5.82 Å². The lowest BCUT2D eigenvalue weighted by molar-refractivity contribution is 0.761. The van der Waals surface area contributed by atoms with E-state index in [9.17, 15) is 0 Å². The molecule has 24 heavy (non-hydrogen) atoms. The summed E-state index contributed by atoms with van der Waals surface area (Å²) in [7, 11) is 0. The van der Waals surface area contributed by atoms with Crippen molar-refractivity contribution in [3.05, 3.63) is 71.9 Å². The minimum atomic E-state index is 0.934. The van der Waals surface area contributed by atoms with Gasteiger partial charge in [0.15, 0.2) is 5.16 Å². The largest absolute Gasteiger partial charge is 0.370 e. The highest BCUT2D eigenvalue weighted by Crippen LogP contribution is 2.33. The van der Waals surface area contributed by atoms with Crippen molar-refractivity contribution in [2.24, 2.45) is 0 Å². The minimum absolute atomic E-state index is 0.934. The van der Waals surface area contributed by atoms with E-state index in [2.05, 4.69) is 70.5 Å². The van der Waals surface area contributed by atoms with Crippen LogP contribution < -0.4 is 5.32 Å². The Morgan fingerprint density at radius 2 is 1.71 bits per heavy atom. The Morgan fingerprint density at radius 3 is 2.50 bits per heavy atom. The molecule has 0 aliphatic carbocycles. The molecule has 0 bridgehead atoms. The number of anilines is 1. The molecule has 0 atom stereocenters. The van der Waals surface area contributed by atoms with Gasteiger partial charge in [-0.2, -0.15) is 0 Å². The maximum absolute atomic E-state index is 4.97. The predicted octanol–water partition coefficient (Wildman–Crippen LogP) is 4.91. The molecular formula is C20H21N3S. The van der Waals surface area contributed by atoms with Gasteiger partial charge >= 0.3 is 0 Å². The topological polar surface area (TPSA) is 29.9 Å². The lowest BCUT2D eigenvalue weighted by atomic mass is 10.2. The smallest absolute Gasteiger partial charge is 0.174 e. The zero-order valence-electron chi connectivity index (χ0n) is 13.6. The summed E-state index contributed by atoms with van der Waals surface area (Å²) in [6.45, 7) is 1.02. The maximum atomic E-state index is 4.97. The van der Waals surface area contributed by atoms with E-state index in [0.29, 0.717) is 0 Å². The Hall–Kier alpha value is -2.20. The van der Waals surface area contributed by atoms with Crippen LogP contribution in [0.1, 0.15) is 24.1 Å². The number of aromatic nitrogens is 2. The van der Waals surface area contributed by atoms with Gasteiger partial charge in [-0.05, 0) is 37.0 Å². The quantitative estimate of drug-likeness (QED) is 0.687. The van der Waals surface area contributed by atoms with Crippen LogP contribution in [-0.2, 0) is 12.2 Å². The van der Waals surface area contributed by atoms with E-state index < -0.39 is 0 Å². The summed E-state index contributed by atoms with van der Waals surface area (Å²) in [5.41, 5.74) is 3.70. The molecule has 0 fully saturated rings. The zero-order valence-corrected chi connectivity index (χ0v) is 14.4. The maximum Gasteiger partial charge on any atom is 0.174 e. The van der Waals surface area contributed by atoms with E-state index in [1.807, 2.05) is 11.8 Å². The van der Waals surface area contributed by atoms with E-state index in [-0.39, 0.29) is 0 Å². The van der Waals surface area contributed by atoms with Gasteiger partial charge in [0.05, 0.1) is 5.69 Å². The SMILES string of the molecule is c1ccc(CSc2nc3c(n2-c2ccccc2)NCCCC3)cc1. The highest BCUT2D eigenvalue weighted by atomic mass is 32.2. The Balaban J connectivity index is 1.70. The van der Waals surface area contributed by atoms with Crippen LogP contribution >= 0.6 is 11.8 Å². The van der Waals surface area contributed by atoms with Crippen molar-refractivity contribution in [3.63, 3.8) is 0 Å². The number of hydrogen-bond donors (Lipinski definition) is 1. The van der Waals surface area contributed by atoms with Crippen LogP contribution in [0.25, 0.3) is 5.69 Å². The van der Waals surface area contributed by atoms with Crippen molar-refractivity contribution in [2.45, 2.75) is 30.2 Å². The fraction of sp³-hybridized carbons (Fsp3) is 0.250. The first kappa shape index (κ1) is 15.3. The minimum Gasteiger partial charge on any atom is -0.370 e. The molecule has 122 valence electrons. The summed E-state index contributed by atoms with van der Waals surface area (Å²) in [5.74, 6) is 2.11. The summed E-state index contributed by atoms with van der Waals surface area (Å²) in [6.07, 6.45) is 3.47. The number of para-hydroxylation sites is 1. The van der Waals surface area contributed by atoms with Gasteiger partial charge in [-0.25, -0.2) is 4.98 Å². The number of thioether (sulfide) groups is 1. The van der Waals surface area contributed by atoms with Crippen LogP contribution in [0.5, 0.6) is 0 Å². The monoisotopic (exact) mass is 335 g/mol. The van der Waals surface area contributed by atoms with E-state index in [0.717, 1.165) is 23.9 Å². The van der Waals surface area contributed by atoms with E-state index in [1.165, 1.54) is 35.6 Å². The molecule has 1 N–H and O–H groups in total. The second-order valence-electron chi connectivity index (χ2n) is 6.02. The molecule has 0 spiro atoms. The third-order valence-corrected chi connectivity index (χ3v) is 5.29. The predicted molar refractivity (Wildman–Crippen MR) is 101 cm³/mol. The van der Waals surface area contributed by atoms with E-state index in [4.69, 9.17) is 4.98 Å². The molecule has 3 aromatic rings. The molecule has 0 saturated heterocycles. The average Bonchev–Trinajstić information content (AvgIpc) is 2.83. The van der Waals surface area contributed by atoms with Crippen molar-refractivity contribution in [2.75, 3.05) is 11.9 Å². The number of imidazole rings is 1. The Kier molecular flexibility index (Phi) is 4.56. The van der Waals surface area contributed by atoms with Gasteiger partial charge in [0, 0.05) is 18.0 Å². The number of fused-ring (bicyclic) bond motifs is 1. The van der Waals surface area contributed by atoms with Crippen LogP contribution in [0.15, 0.2) is 65.8 Å². The second-order valence-corrected chi connectivity index (χ2v) is 6.96. The van der Waals surface area contributed by atoms with Crippen LogP contribution in [0.4, 0.5) is 5.82 Å².